The fourth-order valence-electron chi connectivity index (χ4n) is 3.97. The van der Waals surface area contributed by atoms with Gasteiger partial charge in [-0.05, 0) is 68.4 Å². The zero-order valence-electron chi connectivity index (χ0n) is 21.9. The lowest BCUT2D eigenvalue weighted by atomic mass is 9.87. The van der Waals surface area contributed by atoms with Gasteiger partial charge in [-0.25, -0.2) is 0 Å². The molecular formula is C31H43N3. The van der Waals surface area contributed by atoms with Gasteiger partial charge in [-0.2, -0.15) is 0 Å². The molecule has 3 atom stereocenters. The molecule has 0 amide bonds. The number of hydrogen-bond acceptors (Lipinski definition) is 3. The Balaban J connectivity index is 3.32. The molecule has 3 heteroatoms. The average molecular weight is 458 g/mol. The Labute approximate surface area is 208 Å². The van der Waals surface area contributed by atoms with Gasteiger partial charge in [-0.15, -0.1) is 6.42 Å². The SMILES string of the molecule is C#CC1=CC=C(NC(CC)C(CC)C(CC)=NC(=C)CC)C(C(=C)C(C)N=C/C=C\C=C)=CC1. The Morgan fingerprint density at radius 3 is 2.44 bits per heavy atom. The molecule has 3 unspecified atom stereocenters. The van der Waals surface area contributed by atoms with E-state index in [9.17, 15) is 0 Å². The summed E-state index contributed by atoms with van der Waals surface area (Å²) in [6.45, 7) is 23.0. The van der Waals surface area contributed by atoms with Crippen LogP contribution >= 0.6 is 0 Å². The second kappa shape index (κ2) is 15.7. The number of allylic oxidation sites excluding steroid dienone is 9. The molecule has 0 saturated carbocycles. The summed E-state index contributed by atoms with van der Waals surface area (Å²) in [5.41, 5.74) is 6.16. The van der Waals surface area contributed by atoms with Crippen LogP contribution in [0.3, 0.4) is 0 Å². The third-order valence-corrected chi connectivity index (χ3v) is 6.15. The van der Waals surface area contributed by atoms with E-state index < -0.39 is 0 Å². The fourth-order valence-corrected chi connectivity index (χ4v) is 3.97. The first-order valence-electron chi connectivity index (χ1n) is 12.5. The molecule has 0 aliphatic heterocycles. The molecule has 0 radical (unpaired) electrons. The Hall–Kier alpha value is -3.12. The third-order valence-electron chi connectivity index (χ3n) is 6.15. The van der Waals surface area contributed by atoms with Crippen LogP contribution in [-0.4, -0.2) is 24.0 Å². The van der Waals surface area contributed by atoms with E-state index in [1.165, 1.54) is 5.71 Å². The van der Waals surface area contributed by atoms with Gasteiger partial charge in [-0.3, -0.25) is 9.98 Å². The summed E-state index contributed by atoms with van der Waals surface area (Å²) in [5.74, 6) is 3.11. The van der Waals surface area contributed by atoms with Gasteiger partial charge < -0.3 is 5.32 Å². The molecule has 1 rings (SSSR count). The van der Waals surface area contributed by atoms with Gasteiger partial charge in [-0.1, -0.05) is 71.6 Å². The molecule has 182 valence electrons. The minimum atomic E-state index is -0.0685. The minimum absolute atomic E-state index is 0.0685. The molecule has 0 fully saturated rings. The molecular weight excluding hydrogens is 414 g/mol. The molecule has 0 heterocycles. The van der Waals surface area contributed by atoms with E-state index in [1.54, 1.807) is 12.3 Å². The average Bonchev–Trinajstić information content (AvgIpc) is 3.06. The van der Waals surface area contributed by atoms with Gasteiger partial charge in [0.1, 0.15) is 0 Å². The van der Waals surface area contributed by atoms with Gasteiger partial charge >= 0.3 is 0 Å². The lowest BCUT2D eigenvalue weighted by Crippen LogP contribution is -2.39. The zero-order valence-corrected chi connectivity index (χ0v) is 21.9. The van der Waals surface area contributed by atoms with E-state index >= 15 is 0 Å². The third kappa shape index (κ3) is 8.67. The van der Waals surface area contributed by atoms with Crippen molar-refractivity contribution in [1.29, 1.82) is 0 Å². The van der Waals surface area contributed by atoms with Gasteiger partial charge in [0.05, 0.1) is 6.04 Å². The van der Waals surface area contributed by atoms with Crippen molar-refractivity contribution in [2.75, 3.05) is 0 Å². The van der Waals surface area contributed by atoms with Gasteiger partial charge in [0, 0.05) is 40.9 Å². The van der Waals surface area contributed by atoms with E-state index in [2.05, 4.69) is 82.7 Å². The van der Waals surface area contributed by atoms with Gasteiger partial charge in [0.2, 0.25) is 0 Å². The summed E-state index contributed by atoms with van der Waals surface area (Å²) in [6.07, 6.45) is 23.7. The van der Waals surface area contributed by atoms with Crippen molar-refractivity contribution in [2.45, 2.75) is 78.8 Å². The normalized spacial score (nSPS) is 17.2. The van der Waals surface area contributed by atoms with Crippen molar-refractivity contribution in [3.63, 3.8) is 0 Å². The van der Waals surface area contributed by atoms with Crippen molar-refractivity contribution in [1.82, 2.24) is 5.32 Å². The largest absolute Gasteiger partial charge is 0.381 e. The topological polar surface area (TPSA) is 36.8 Å². The Morgan fingerprint density at radius 1 is 1.15 bits per heavy atom. The highest BCUT2D eigenvalue weighted by atomic mass is 14.9. The van der Waals surface area contributed by atoms with Crippen LogP contribution in [0, 0.1) is 18.3 Å². The molecule has 0 aromatic carbocycles. The molecule has 0 spiro atoms. The van der Waals surface area contributed by atoms with E-state index in [4.69, 9.17) is 11.4 Å². The number of nitrogens with one attached hydrogen (secondary N) is 1. The Kier molecular flexibility index (Phi) is 13.3. The predicted octanol–water partition coefficient (Wildman–Crippen LogP) is 7.69. The van der Waals surface area contributed by atoms with Crippen molar-refractivity contribution in [3.8, 4) is 12.3 Å². The molecule has 1 N–H and O–H groups in total. The first-order chi connectivity index (χ1) is 16.4. The second-order valence-electron chi connectivity index (χ2n) is 8.41. The number of nitrogens with zero attached hydrogens (tertiary/aromatic N) is 2. The number of terminal acetylenes is 1. The fraction of sp³-hybridized carbons (Fsp3) is 0.419. The van der Waals surface area contributed by atoms with Gasteiger partial charge in [0.25, 0.3) is 0 Å². The summed E-state index contributed by atoms with van der Waals surface area (Å²) in [7, 11) is 0. The van der Waals surface area contributed by atoms with Crippen LogP contribution in [0.4, 0.5) is 0 Å². The maximum atomic E-state index is 5.73. The standard InChI is InChI=1S/C31H43N3/c1-10-16-17-22-32-25(9)24(8)28-20-18-26(12-3)19-21-31(28)34-30(15-6)27(13-4)29(14-5)33-23(7)11-2/h3,10,16-17,19-22,25,27,30,34H,1,7-8,11,13-15,18H2,2,4-6,9H3/b17-16-,32-22?,33-29?. The predicted molar refractivity (Wildman–Crippen MR) is 152 cm³/mol. The molecule has 0 aromatic heterocycles. The van der Waals surface area contributed by atoms with Crippen LogP contribution in [0.1, 0.15) is 66.7 Å². The second-order valence-corrected chi connectivity index (χ2v) is 8.41. The van der Waals surface area contributed by atoms with Gasteiger partial charge in [0.15, 0.2) is 0 Å². The summed E-state index contributed by atoms with van der Waals surface area (Å²) >= 11 is 0. The van der Waals surface area contributed by atoms with E-state index in [0.717, 1.165) is 53.8 Å². The van der Waals surface area contributed by atoms with Crippen LogP contribution < -0.4 is 5.32 Å². The van der Waals surface area contributed by atoms with Crippen molar-refractivity contribution < 1.29 is 0 Å². The highest BCUT2D eigenvalue weighted by Crippen LogP contribution is 2.28. The molecule has 1 aliphatic rings. The molecule has 1 aliphatic carbocycles. The van der Waals surface area contributed by atoms with E-state index in [0.29, 0.717) is 12.3 Å². The monoisotopic (exact) mass is 457 g/mol. The minimum Gasteiger partial charge on any atom is -0.381 e. The summed E-state index contributed by atoms with van der Waals surface area (Å²) in [4.78, 5) is 9.52. The number of rotatable bonds is 14. The smallest absolute Gasteiger partial charge is 0.0721 e. The van der Waals surface area contributed by atoms with Crippen molar-refractivity contribution in [2.24, 2.45) is 15.9 Å². The lowest BCUT2D eigenvalue weighted by molar-refractivity contribution is 0.436. The van der Waals surface area contributed by atoms with Crippen LogP contribution in [0.2, 0.25) is 0 Å². The first-order valence-corrected chi connectivity index (χ1v) is 12.5. The van der Waals surface area contributed by atoms with E-state index in [1.807, 2.05) is 18.2 Å². The maximum absolute atomic E-state index is 5.73. The van der Waals surface area contributed by atoms with Crippen LogP contribution in [0.15, 0.2) is 94.3 Å². The molecule has 3 nitrogen and oxygen atoms in total. The highest BCUT2D eigenvalue weighted by molar-refractivity contribution is 5.88. The van der Waals surface area contributed by atoms with Crippen LogP contribution in [0.5, 0.6) is 0 Å². The molecule has 0 saturated heterocycles. The summed E-state index contributed by atoms with van der Waals surface area (Å²) in [5, 5.41) is 3.84. The Morgan fingerprint density at radius 2 is 1.88 bits per heavy atom. The number of hydrogen-bond donors (Lipinski definition) is 1. The summed E-state index contributed by atoms with van der Waals surface area (Å²) in [6, 6.07) is 0.159. The quantitative estimate of drug-likeness (QED) is 0.162. The van der Waals surface area contributed by atoms with Crippen LogP contribution in [-0.2, 0) is 0 Å². The van der Waals surface area contributed by atoms with E-state index in [-0.39, 0.29) is 12.1 Å². The zero-order chi connectivity index (χ0) is 25.5. The lowest BCUT2D eigenvalue weighted by Gasteiger charge is -2.31. The van der Waals surface area contributed by atoms with Crippen molar-refractivity contribution >= 4 is 11.9 Å². The van der Waals surface area contributed by atoms with Crippen molar-refractivity contribution in [3.05, 3.63) is 84.3 Å². The molecule has 0 aromatic rings. The first kappa shape index (κ1) is 28.9. The summed E-state index contributed by atoms with van der Waals surface area (Å²) < 4.78 is 0. The Bertz CT molecular complexity index is 944. The molecule has 0 bridgehead atoms. The number of aliphatic imine (C=N–C) groups is 2. The highest BCUT2D eigenvalue weighted by Gasteiger charge is 2.25. The maximum Gasteiger partial charge on any atom is 0.0721 e. The van der Waals surface area contributed by atoms with Crippen LogP contribution in [0.25, 0.3) is 0 Å². The molecule has 34 heavy (non-hydrogen) atoms.